The van der Waals surface area contributed by atoms with Crippen molar-refractivity contribution in [1.82, 2.24) is 30.0 Å². The molecule has 2 N–H and O–H groups in total. The van der Waals surface area contributed by atoms with E-state index in [4.69, 9.17) is 5.73 Å². The van der Waals surface area contributed by atoms with Gasteiger partial charge < -0.3 is 5.73 Å². The molecule has 0 amide bonds. The van der Waals surface area contributed by atoms with Crippen LogP contribution in [0.3, 0.4) is 0 Å². The summed E-state index contributed by atoms with van der Waals surface area (Å²) in [6.07, 6.45) is 3.41. The highest BCUT2D eigenvalue weighted by Crippen LogP contribution is 2.28. The van der Waals surface area contributed by atoms with Gasteiger partial charge in [-0.3, -0.25) is 4.68 Å². The Labute approximate surface area is 122 Å². The predicted octanol–water partition coefficient (Wildman–Crippen LogP) is 1.86. The molecule has 0 aliphatic heterocycles. The van der Waals surface area contributed by atoms with E-state index < -0.39 is 0 Å². The van der Waals surface area contributed by atoms with Crippen LogP contribution >= 0.6 is 0 Å². The average molecular weight is 283 g/mol. The summed E-state index contributed by atoms with van der Waals surface area (Å²) in [6, 6.07) is 7.79. The summed E-state index contributed by atoms with van der Waals surface area (Å²) >= 11 is 0. The van der Waals surface area contributed by atoms with Gasteiger partial charge in [0.15, 0.2) is 0 Å². The average Bonchev–Trinajstić information content (AvgIpc) is 3.07. The van der Waals surface area contributed by atoms with E-state index in [2.05, 4.69) is 41.4 Å². The van der Waals surface area contributed by atoms with Gasteiger partial charge in [0.1, 0.15) is 12.0 Å². The van der Waals surface area contributed by atoms with Gasteiger partial charge in [-0.2, -0.15) is 5.10 Å². The lowest BCUT2D eigenvalue weighted by atomic mass is 10.1. The number of aromatic nitrogens is 6. The third-order valence-electron chi connectivity index (χ3n) is 3.16. The van der Waals surface area contributed by atoms with E-state index in [-0.39, 0.29) is 5.54 Å². The highest BCUT2D eigenvalue weighted by Gasteiger charge is 2.18. The van der Waals surface area contributed by atoms with Crippen LogP contribution in [0, 0.1) is 0 Å². The second-order valence-electron chi connectivity index (χ2n) is 5.85. The predicted molar refractivity (Wildman–Crippen MR) is 79.8 cm³/mol. The van der Waals surface area contributed by atoms with Crippen LogP contribution in [0.15, 0.2) is 36.8 Å². The maximum atomic E-state index is 6.11. The minimum absolute atomic E-state index is 0.111. The van der Waals surface area contributed by atoms with Gasteiger partial charge in [0.25, 0.3) is 0 Å². The first-order chi connectivity index (χ1) is 9.95. The van der Waals surface area contributed by atoms with Crippen LogP contribution in [0.2, 0.25) is 0 Å². The topological polar surface area (TPSA) is 87.4 Å². The van der Waals surface area contributed by atoms with Crippen LogP contribution in [-0.4, -0.2) is 30.0 Å². The zero-order valence-corrected chi connectivity index (χ0v) is 12.2. The fourth-order valence-electron chi connectivity index (χ4n) is 2.03. The Kier molecular flexibility index (Phi) is 2.97. The molecule has 0 aliphatic rings. The monoisotopic (exact) mass is 283 g/mol. The minimum atomic E-state index is -0.111. The lowest BCUT2D eigenvalue weighted by molar-refractivity contribution is 0.356. The zero-order chi connectivity index (χ0) is 15.0. The number of nitrogens with two attached hydrogens (primary N) is 1. The number of tetrazole rings is 1. The zero-order valence-electron chi connectivity index (χ0n) is 12.2. The van der Waals surface area contributed by atoms with Gasteiger partial charge in [-0.25, -0.2) is 4.68 Å². The van der Waals surface area contributed by atoms with E-state index in [1.807, 2.05) is 35.1 Å². The van der Waals surface area contributed by atoms with Gasteiger partial charge in [-0.15, -0.1) is 5.10 Å². The van der Waals surface area contributed by atoms with E-state index in [9.17, 15) is 0 Å². The second-order valence-corrected chi connectivity index (χ2v) is 5.85. The highest BCUT2D eigenvalue weighted by atomic mass is 15.5. The number of nitrogen functional groups attached to an aromatic ring is 1. The summed E-state index contributed by atoms with van der Waals surface area (Å²) in [5.41, 5.74) is 9.21. The number of benzene rings is 1. The molecule has 0 fully saturated rings. The first-order valence-electron chi connectivity index (χ1n) is 6.64. The van der Waals surface area contributed by atoms with Gasteiger partial charge >= 0.3 is 0 Å². The summed E-state index contributed by atoms with van der Waals surface area (Å²) < 4.78 is 3.47. The smallest absolute Gasteiger partial charge is 0.143 e. The van der Waals surface area contributed by atoms with E-state index in [0.29, 0.717) is 5.69 Å². The third-order valence-corrected chi connectivity index (χ3v) is 3.16. The standard InChI is InChI=1S/C14H17N7/c1-14(2,3)21-8-12(15)13(17-21)10-5-4-6-11(7-10)20-9-16-18-19-20/h4-9H,15H2,1-3H3. The van der Waals surface area contributed by atoms with Gasteiger partial charge in [-0.1, -0.05) is 12.1 Å². The van der Waals surface area contributed by atoms with Crippen LogP contribution in [0.25, 0.3) is 16.9 Å². The molecule has 0 saturated carbocycles. The fraction of sp³-hybridized carbons (Fsp3) is 0.286. The van der Waals surface area contributed by atoms with Crippen LogP contribution in [0.4, 0.5) is 5.69 Å². The fourth-order valence-corrected chi connectivity index (χ4v) is 2.03. The van der Waals surface area contributed by atoms with E-state index in [1.165, 1.54) is 0 Å². The third kappa shape index (κ3) is 2.49. The van der Waals surface area contributed by atoms with Crippen LogP contribution < -0.4 is 5.73 Å². The summed E-state index contributed by atoms with van der Waals surface area (Å²) in [5, 5.41) is 15.8. The van der Waals surface area contributed by atoms with Crippen molar-refractivity contribution in [3.05, 3.63) is 36.8 Å². The van der Waals surface area contributed by atoms with Crippen molar-refractivity contribution in [1.29, 1.82) is 0 Å². The van der Waals surface area contributed by atoms with Gasteiger partial charge in [0.2, 0.25) is 0 Å². The Bertz CT molecular complexity index is 750. The first-order valence-corrected chi connectivity index (χ1v) is 6.64. The van der Waals surface area contributed by atoms with Crippen LogP contribution in [0.1, 0.15) is 20.8 Å². The number of anilines is 1. The normalized spacial score (nSPS) is 11.8. The minimum Gasteiger partial charge on any atom is -0.396 e. The lowest BCUT2D eigenvalue weighted by Gasteiger charge is -2.18. The highest BCUT2D eigenvalue weighted by molar-refractivity contribution is 5.73. The molecule has 1 aromatic carbocycles. The largest absolute Gasteiger partial charge is 0.396 e. The van der Waals surface area contributed by atoms with Gasteiger partial charge in [0, 0.05) is 11.8 Å². The van der Waals surface area contributed by atoms with Crippen LogP contribution in [0.5, 0.6) is 0 Å². The molecule has 0 atom stereocenters. The van der Waals surface area contributed by atoms with E-state index in [1.54, 1.807) is 11.0 Å². The Balaban J connectivity index is 2.05. The van der Waals surface area contributed by atoms with Crippen molar-refractivity contribution >= 4 is 5.69 Å². The van der Waals surface area contributed by atoms with Crippen molar-refractivity contribution in [2.45, 2.75) is 26.3 Å². The Morgan fingerprint density at radius 3 is 2.62 bits per heavy atom. The quantitative estimate of drug-likeness (QED) is 0.775. The van der Waals surface area contributed by atoms with Crippen molar-refractivity contribution in [3.63, 3.8) is 0 Å². The molecule has 0 saturated heterocycles. The molecule has 21 heavy (non-hydrogen) atoms. The molecular weight excluding hydrogens is 266 g/mol. The molecule has 7 nitrogen and oxygen atoms in total. The molecule has 0 bridgehead atoms. The first kappa shape index (κ1) is 13.3. The van der Waals surface area contributed by atoms with Gasteiger partial charge in [-0.05, 0) is 43.3 Å². The van der Waals surface area contributed by atoms with E-state index >= 15 is 0 Å². The molecule has 108 valence electrons. The molecule has 7 heteroatoms. The number of hydrogen-bond acceptors (Lipinski definition) is 5. The van der Waals surface area contributed by atoms with Crippen LogP contribution in [-0.2, 0) is 5.54 Å². The van der Waals surface area contributed by atoms with Crippen molar-refractivity contribution in [2.75, 3.05) is 5.73 Å². The summed E-state index contributed by atoms with van der Waals surface area (Å²) in [6.45, 7) is 6.25. The number of hydrogen-bond donors (Lipinski definition) is 1. The molecule has 3 aromatic rings. The molecular formula is C14H17N7. The number of nitrogens with zero attached hydrogens (tertiary/aromatic N) is 6. The summed E-state index contributed by atoms with van der Waals surface area (Å²) in [5.74, 6) is 0. The number of rotatable bonds is 2. The maximum absolute atomic E-state index is 6.11. The molecule has 3 rings (SSSR count). The molecule has 2 aromatic heterocycles. The molecule has 0 spiro atoms. The molecule has 2 heterocycles. The van der Waals surface area contributed by atoms with Crippen molar-refractivity contribution < 1.29 is 0 Å². The molecule has 0 radical (unpaired) electrons. The maximum Gasteiger partial charge on any atom is 0.143 e. The Morgan fingerprint density at radius 2 is 2.00 bits per heavy atom. The van der Waals surface area contributed by atoms with Gasteiger partial charge in [0.05, 0.1) is 16.9 Å². The summed E-state index contributed by atoms with van der Waals surface area (Å²) in [7, 11) is 0. The van der Waals surface area contributed by atoms with Crippen molar-refractivity contribution in [3.8, 4) is 16.9 Å². The van der Waals surface area contributed by atoms with Crippen molar-refractivity contribution in [2.24, 2.45) is 0 Å². The second kappa shape index (κ2) is 4.69. The Hall–Kier alpha value is -2.70. The Morgan fingerprint density at radius 1 is 1.19 bits per heavy atom. The summed E-state index contributed by atoms with van der Waals surface area (Å²) in [4.78, 5) is 0. The molecule has 0 aliphatic carbocycles. The SMILES string of the molecule is CC(C)(C)n1cc(N)c(-c2cccc(-n3cnnn3)c2)n1. The van der Waals surface area contributed by atoms with E-state index in [0.717, 1.165) is 16.9 Å². The molecule has 0 unspecified atom stereocenters. The lowest BCUT2D eigenvalue weighted by Crippen LogP contribution is -2.22.